The van der Waals surface area contributed by atoms with Crippen LogP contribution in [-0.2, 0) is 26.2 Å². The molecule has 0 bridgehead atoms. The number of hydrogen-bond acceptors (Lipinski definition) is 6. The number of aromatic nitrogens is 1. The van der Waals surface area contributed by atoms with Gasteiger partial charge >= 0.3 is 0 Å². The van der Waals surface area contributed by atoms with Crippen molar-refractivity contribution in [2.75, 3.05) is 40.1 Å². The molecule has 0 aliphatic carbocycles. The Morgan fingerprint density at radius 3 is 2.89 bits per heavy atom. The van der Waals surface area contributed by atoms with Crippen molar-refractivity contribution in [1.82, 2.24) is 4.98 Å². The smallest absolute Gasteiger partial charge is 0.0952 e. The van der Waals surface area contributed by atoms with E-state index in [0.29, 0.717) is 19.8 Å². The minimum Gasteiger partial charge on any atom is -0.382 e. The van der Waals surface area contributed by atoms with E-state index in [0.717, 1.165) is 43.2 Å². The molecule has 0 saturated carbocycles. The maximum atomic E-state index is 6.40. The van der Waals surface area contributed by atoms with Crippen LogP contribution >= 0.6 is 11.3 Å². The second-order valence-corrected chi connectivity index (χ2v) is 5.69. The van der Waals surface area contributed by atoms with Gasteiger partial charge in [-0.2, -0.15) is 0 Å². The van der Waals surface area contributed by atoms with Gasteiger partial charge in [0.1, 0.15) is 0 Å². The summed E-state index contributed by atoms with van der Waals surface area (Å²) in [6.07, 6.45) is 2.53. The molecular formula is C13H22N2O3S. The lowest BCUT2D eigenvalue weighted by molar-refractivity contribution is 0.0508. The molecule has 0 amide bonds. The number of hydrogen-bond donors (Lipinski definition) is 1. The predicted octanol–water partition coefficient (Wildman–Crippen LogP) is 1.31. The Labute approximate surface area is 118 Å². The van der Waals surface area contributed by atoms with Crippen molar-refractivity contribution >= 4 is 11.3 Å². The summed E-state index contributed by atoms with van der Waals surface area (Å²) in [5.41, 5.74) is 7.11. The van der Waals surface area contributed by atoms with Crippen molar-refractivity contribution in [3.63, 3.8) is 0 Å². The van der Waals surface area contributed by atoms with Crippen LogP contribution in [0, 0.1) is 0 Å². The molecule has 1 aromatic heterocycles. The lowest BCUT2D eigenvalue weighted by Gasteiger charge is -2.31. The second-order valence-electron chi connectivity index (χ2n) is 4.75. The molecule has 1 aliphatic rings. The number of nitrogens with zero attached hydrogens (tertiary/aromatic N) is 1. The summed E-state index contributed by atoms with van der Waals surface area (Å²) in [5, 5.41) is 3.17. The van der Waals surface area contributed by atoms with Crippen molar-refractivity contribution in [2.24, 2.45) is 5.73 Å². The summed E-state index contributed by atoms with van der Waals surface area (Å²) < 4.78 is 15.7. The molecule has 6 heteroatoms. The summed E-state index contributed by atoms with van der Waals surface area (Å²) >= 11 is 1.66. The number of nitrogens with two attached hydrogens (primary N) is 1. The quantitative estimate of drug-likeness (QED) is 0.766. The molecule has 2 rings (SSSR count). The fourth-order valence-corrected chi connectivity index (χ4v) is 2.94. The van der Waals surface area contributed by atoms with Gasteiger partial charge in [-0.1, -0.05) is 0 Å². The number of methoxy groups -OCH3 is 1. The Kier molecular flexibility index (Phi) is 5.72. The third-order valence-corrected chi connectivity index (χ3v) is 4.25. The Balaban J connectivity index is 1.81. The molecule has 0 aromatic carbocycles. The van der Waals surface area contributed by atoms with Gasteiger partial charge < -0.3 is 19.9 Å². The van der Waals surface area contributed by atoms with Crippen molar-refractivity contribution in [1.29, 1.82) is 0 Å². The minimum absolute atomic E-state index is 0.302. The van der Waals surface area contributed by atoms with Crippen LogP contribution in [0.1, 0.15) is 23.5 Å². The molecule has 0 radical (unpaired) electrons. The average Bonchev–Trinajstić information content (AvgIpc) is 2.89. The van der Waals surface area contributed by atoms with Crippen LogP contribution in [0.15, 0.2) is 5.38 Å². The fraction of sp³-hybridized carbons (Fsp3) is 0.769. The van der Waals surface area contributed by atoms with Crippen LogP contribution in [0.5, 0.6) is 0 Å². The number of ether oxygens (including phenoxy) is 3. The second kappa shape index (κ2) is 7.31. The van der Waals surface area contributed by atoms with E-state index in [4.69, 9.17) is 19.9 Å². The number of rotatable bonds is 7. The summed E-state index contributed by atoms with van der Waals surface area (Å²) in [7, 11) is 1.67. The van der Waals surface area contributed by atoms with E-state index in [1.807, 2.05) is 0 Å². The first-order valence-corrected chi connectivity index (χ1v) is 7.51. The maximum absolute atomic E-state index is 6.40. The summed E-state index contributed by atoms with van der Waals surface area (Å²) in [6.45, 7) is 3.39. The van der Waals surface area contributed by atoms with Gasteiger partial charge in [-0.05, 0) is 12.8 Å². The molecule has 1 fully saturated rings. The van der Waals surface area contributed by atoms with Crippen LogP contribution < -0.4 is 5.73 Å². The molecule has 0 spiro atoms. The first-order valence-electron chi connectivity index (χ1n) is 6.63. The zero-order chi connectivity index (χ0) is 13.6. The predicted molar refractivity (Wildman–Crippen MR) is 74.4 cm³/mol. The van der Waals surface area contributed by atoms with Crippen LogP contribution in [0.4, 0.5) is 0 Å². The van der Waals surface area contributed by atoms with Crippen molar-refractivity contribution in [2.45, 2.75) is 24.8 Å². The Hall–Kier alpha value is -0.530. The highest BCUT2D eigenvalue weighted by Crippen LogP contribution is 2.30. The maximum Gasteiger partial charge on any atom is 0.0952 e. The van der Waals surface area contributed by atoms with E-state index in [1.54, 1.807) is 18.4 Å². The largest absolute Gasteiger partial charge is 0.382 e. The van der Waals surface area contributed by atoms with Gasteiger partial charge in [0.2, 0.25) is 0 Å². The molecule has 1 aromatic rings. The van der Waals surface area contributed by atoms with Crippen LogP contribution in [0.2, 0.25) is 0 Å². The normalized spacial score (nSPS) is 18.6. The van der Waals surface area contributed by atoms with Gasteiger partial charge in [0.15, 0.2) is 0 Å². The van der Waals surface area contributed by atoms with E-state index in [1.165, 1.54) is 0 Å². The van der Waals surface area contributed by atoms with Crippen molar-refractivity contribution in [3.05, 3.63) is 16.1 Å². The Morgan fingerprint density at radius 2 is 2.16 bits per heavy atom. The monoisotopic (exact) mass is 286 g/mol. The molecule has 0 atom stereocenters. The summed E-state index contributed by atoms with van der Waals surface area (Å²) in [5.74, 6) is 0. The molecule has 1 aliphatic heterocycles. The van der Waals surface area contributed by atoms with Crippen LogP contribution in [0.25, 0.3) is 0 Å². The molecule has 108 valence electrons. The van der Waals surface area contributed by atoms with Gasteiger partial charge in [-0.3, -0.25) is 0 Å². The zero-order valence-electron chi connectivity index (χ0n) is 11.4. The zero-order valence-corrected chi connectivity index (χ0v) is 12.2. The molecular weight excluding hydrogens is 264 g/mol. The lowest BCUT2D eigenvalue weighted by atomic mass is 9.88. The highest BCUT2D eigenvalue weighted by atomic mass is 32.1. The van der Waals surface area contributed by atoms with E-state index < -0.39 is 0 Å². The highest BCUT2D eigenvalue weighted by Gasteiger charge is 2.32. The SMILES string of the molecule is COCCOCCc1nc(C2(N)CCOCC2)cs1. The van der Waals surface area contributed by atoms with Crippen LogP contribution in [-0.4, -0.2) is 45.1 Å². The first kappa shape index (κ1) is 14.9. The third kappa shape index (κ3) is 4.22. The summed E-state index contributed by atoms with van der Waals surface area (Å²) in [4.78, 5) is 4.65. The van der Waals surface area contributed by atoms with E-state index in [-0.39, 0.29) is 5.54 Å². The Morgan fingerprint density at radius 1 is 1.37 bits per heavy atom. The van der Waals surface area contributed by atoms with Gasteiger partial charge in [0.25, 0.3) is 0 Å². The minimum atomic E-state index is -0.302. The molecule has 2 N–H and O–H groups in total. The van der Waals surface area contributed by atoms with Gasteiger partial charge in [0.05, 0.1) is 36.1 Å². The van der Waals surface area contributed by atoms with Crippen molar-refractivity contribution in [3.8, 4) is 0 Å². The van der Waals surface area contributed by atoms with Crippen molar-refractivity contribution < 1.29 is 14.2 Å². The van der Waals surface area contributed by atoms with Gasteiger partial charge in [-0.25, -0.2) is 4.98 Å². The van der Waals surface area contributed by atoms with Gasteiger partial charge in [-0.15, -0.1) is 11.3 Å². The fourth-order valence-electron chi connectivity index (χ4n) is 2.05. The molecule has 19 heavy (non-hydrogen) atoms. The standard InChI is InChI=1S/C13H22N2O3S/c1-16-8-9-17-5-2-12-15-11(10-19-12)13(14)3-6-18-7-4-13/h10H,2-9,14H2,1H3. The topological polar surface area (TPSA) is 66.6 Å². The Bertz CT molecular complexity index is 378. The molecule has 5 nitrogen and oxygen atoms in total. The summed E-state index contributed by atoms with van der Waals surface area (Å²) in [6, 6.07) is 0. The lowest BCUT2D eigenvalue weighted by Crippen LogP contribution is -2.42. The molecule has 2 heterocycles. The van der Waals surface area contributed by atoms with E-state index >= 15 is 0 Å². The van der Waals surface area contributed by atoms with E-state index in [9.17, 15) is 0 Å². The highest BCUT2D eigenvalue weighted by molar-refractivity contribution is 7.09. The third-order valence-electron chi connectivity index (χ3n) is 3.34. The molecule has 0 unspecified atom stereocenters. The van der Waals surface area contributed by atoms with Gasteiger partial charge in [0, 0.05) is 32.1 Å². The average molecular weight is 286 g/mol. The number of thiazole rings is 1. The van der Waals surface area contributed by atoms with E-state index in [2.05, 4.69) is 10.4 Å². The molecule has 1 saturated heterocycles. The van der Waals surface area contributed by atoms with Crippen LogP contribution in [0.3, 0.4) is 0 Å². The first-order chi connectivity index (χ1) is 9.24.